The summed E-state index contributed by atoms with van der Waals surface area (Å²) in [6.07, 6.45) is 1.85. The van der Waals surface area contributed by atoms with E-state index in [0.29, 0.717) is 12.5 Å². The normalized spacial score (nSPS) is 18.6. The first-order valence-electron chi connectivity index (χ1n) is 11.5. The number of nitrogens with zero attached hydrogens (tertiary/aromatic N) is 4. The van der Waals surface area contributed by atoms with Gasteiger partial charge >= 0.3 is 0 Å². The number of likely N-dealkylation sites (tertiary alicyclic amines) is 1. The topological polar surface area (TPSA) is 70.6 Å². The second kappa shape index (κ2) is 9.06. The fraction of sp³-hybridized carbons (Fsp3) is 0.560. The molecule has 7 heteroatoms. The number of aryl methyl sites for hydroxylation is 1. The maximum Gasteiger partial charge on any atom is 0.219 e. The Balaban J connectivity index is 1.52. The monoisotopic (exact) mass is 437 g/mol. The number of methoxy groups -OCH3 is 1. The molecule has 1 N–H and O–H groups in total. The highest BCUT2D eigenvalue weighted by Crippen LogP contribution is 2.33. The summed E-state index contributed by atoms with van der Waals surface area (Å²) in [4.78, 5) is 26.1. The third kappa shape index (κ3) is 4.18. The highest BCUT2D eigenvalue weighted by molar-refractivity contribution is 5.74. The molecule has 32 heavy (non-hydrogen) atoms. The van der Waals surface area contributed by atoms with Crippen LogP contribution in [0, 0.1) is 20.8 Å². The van der Waals surface area contributed by atoms with E-state index in [1.807, 2.05) is 11.9 Å². The smallest absolute Gasteiger partial charge is 0.219 e. The zero-order valence-corrected chi connectivity index (χ0v) is 20.2. The van der Waals surface area contributed by atoms with Crippen LogP contribution in [0.15, 0.2) is 6.07 Å². The number of ether oxygens (including phenoxy) is 1. The molecule has 4 rings (SSSR count). The molecule has 0 saturated carbocycles. The van der Waals surface area contributed by atoms with E-state index < -0.39 is 0 Å². The summed E-state index contributed by atoms with van der Waals surface area (Å²) in [5, 5.41) is 3.25. The molecule has 1 saturated heterocycles. The van der Waals surface area contributed by atoms with Gasteiger partial charge in [0, 0.05) is 51.5 Å². The van der Waals surface area contributed by atoms with Crippen LogP contribution < -0.4 is 10.1 Å². The van der Waals surface area contributed by atoms with Crippen molar-refractivity contribution >= 4 is 11.7 Å². The summed E-state index contributed by atoms with van der Waals surface area (Å²) in [6.45, 7) is 12.4. The van der Waals surface area contributed by atoms with Gasteiger partial charge in [0.25, 0.3) is 0 Å². The summed E-state index contributed by atoms with van der Waals surface area (Å²) in [7, 11) is 3.64. The maximum absolute atomic E-state index is 11.8. The van der Waals surface area contributed by atoms with Crippen molar-refractivity contribution in [3.8, 4) is 5.75 Å². The van der Waals surface area contributed by atoms with Crippen molar-refractivity contribution < 1.29 is 9.53 Å². The highest BCUT2D eigenvalue weighted by Gasteiger charge is 2.30. The first-order chi connectivity index (χ1) is 15.3. The molecular formula is C25H35N5O2. The fourth-order valence-electron chi connectivity index (χ4n) is 5.06. The van der Waals surface area contributed by atoms with Gasteiger partial charge in [-0.25, -0.2) is 9.97 Å². The minimum atomic E-state index is 0.104. The van der Waals surface area contributed by atoms with Crippen LogP contribution >= 0.6 is 0 Å². The lowest BCUT2D eigenvalue weighted by Crippen LogP contribution is -2.35. The number of benzene rings is 1. The van der Waals surface area contributed by atoms with E-state index in [1.165, 1.54) is 22.3 Å². The Hall–Kier alpha value is -2.67. The van der Waals surface area contributed by atoms with Crippen LogP contribution in [-0.4, -0.2) is 59.5 Å². The molecule has 2 aliphatic heterocycles. The maximum atomic E-state index is 11.8. The standard InChI is InChI=1S/C25H35N5O2/c1-15-11-23(32-6)17(3)16(2)20(15)13-29-9-7-19(12-29)24-27-22-8-10-30(18(4)31)14-21(22)25(26-5)28-24/h11,19H,7-10,12-14H2,1-6H3,(H,26,27,28)/t19-/m0/s1. The Labute approximate surface area is 191 Å². The number of rotatable bonds is 5. The summed E-state index contributed by atoms with van der Waals surface area (Å²) < 4.78 is 5.54. The number of fused-ring (bicyclic) bond motifs is 1. The first kappa shape index (κ1) is 22.5. The average molecular weight is 438 g/mol. The van der Waals surface area contributed by atoms with Crippen molar-refractivity contribution in [3.05, 3.63) is 45.4 Å². The molecule has 0 unspecified atom stereocenters. The molecular weight excluding hydrogens is 402 g/mol. The summed E-state index contributed by atoms with van der Waals surface area (Å²) in [5.74, 6) is 3.21. The van der Waals surface area contributed by atoms with E-state index in [4.69, 9.17) is 14.7 Å². The quantitative estimate of drug-likeness (QED) is 0.774. The Bertz CT molecular complexity index is 1020. The number of carbonyl (C=O) groups excluding carboxylic acids is 1. The van der Waals surface area contributed by atoms with Gasteiger partial charge in [0.15, 0.2) is 0 Å². The third-order valence-corrected chi connectivity index (χ3v) is 7.21. The fourth-order valence-corrected chi connectivity index (χ4v) is 5.06. The van der Waals surface area contributed by atoms with Crippen molar-refractivity contribution in [1.29, 1.82) is 0 Å². The van der Waals surface area contributed by atoms with Crippen molar-refractivity contribution in [2.45, 2.75) is 59.5 Å². The highest BCUT2D eigenvalue weighted by atomic mass is 16.5. The zero-order valence-electron chi connectivity index (χ0n) is 20.2. The molecule has 7 nitrogen and oxygen atoms in total. The van der Waals surface area contributed by atoms with Crippen molar-refractivity contribution in [2.24, 2.45) is 0 Å². The molecule has 1 fully saturated rings. The van der Waals surface area contributed by atoms with E-state index in [1.54, 1.807) is 14.0 Å². The summed E-state index contributed by atoms with van der Waals surface area (Å²) >= 11 is 0. The van der Waals surface area contributed by atoms with Gasteiger partial charge in [0.1, 0.15) is 17.4 Å². The molecule has 1 amide bonds. The molecule has 0 aliphatic carbocycles. The molecule has 172 valence electrons. The number of aromatic nitrogens is 2. The predicted molar refractivity (Wildman–Crippen MR) is 126 cm³/mol. The van der Waals surface area contributed by atoms with Gasteiger partial charge in [-0.05, 0) is 62.1 Å². The van der Waals surface area contributed by atoms with Crippen molar-refractivity contribution in [2.75, 3.05) is 39.1 Å². The molecule has 0 bridgehead atoms. The average Bonchev–Trinajstić information content (AvgIpc) is 3.26. The second-order valence-electron chi connectivity index (χ2n) is 9.14. The number of carbonyl (C=O) groups is 1. The number of hydrogen-bond donors (Lipinski definition) is 1. The van der Waals surface area contributed by atoms with Gasteiger partial charge in [0.05, 0.1) is 19.3 Å². The molecule has 1 atom stereocenters. The van der Waals surface area contributed by atoms with Crippen LogP contribution in [0.4, 0.5) is 5.82 Å². The number of amides is 1. The van der Waals surface area contributed by atoms with Gasteiger partial charge in [-0.3, -0.25) is 9.69 Å². The van der Waals surface area contributed by atoms with E-state index in [9.17, 15) is 4.79 Å². The minimum Gasteiger partial charge on any atom is -0.496 e. The van der Waals surface area contributed by atoms with Gasteiger partial charge in [-0.15, -0.1) is 0 Å². The van der Waals surface area contributed by atoms with Crippen LogP contribution in [0.2, 0.25) is 0 Å². The lowest BCUT2D eigenvalue weighted by atomic mass is 9.97. The van der Waals surface area contributed by atoms with Crippen LogP contribution in [0.3, 0.4) is 0 Å². The second-order valence-corrected chi connectivity index (χ2v) is 9.14. The van der Waals surface area contributed by atoms with Crippen LogP contribution in [-0.2, 0) is 24.3 Å². The molecule has 3 heterocycles. The van der Waals surface area contributed by atoms with Gasteiger partial charge in [0.2, 0.25) is 5.91 Å². The third-order valence-electron chi connectivity index (χ3n) is 7.21. The van der Waals surface area contributed by atoms with Gasteiger partial charge in [-0.2, -0.15) is 0 Å². The SMILES string of the molecule is CNc1nc([C@H]2CCN(Cc3c(C)cc(OC)c(C)c3C)C2)nc2c1CN(C(C)=O)CC2. The van der Waals surface area contributed by atoms with E-state index >= 15 is 0 Å². The van der Waals surface area contributed by atoms with Gasteiger partial charge < -0.3 is 15.0 Å². The lowest BCUT2D eigenvalue weighted by Gasteiger charge is -2.29. The zero-order chi connectivity index (χ0) is 23.0. The van der Waals surface area contributed by atoms with Crippen molar-refractivity contribution in [1.82, 2.24) is 19.8 Å². The molecule has 1 aromatic heterocycles. The number of hydrogen-bond acceptors (Lipinski definition) is 6. The molecule has 1 aromatic carbocycles. The Morgan fingerprint density at radius 2 is 2.00 bits per heavy atom. The Morgan fingerprint density at radius 1 is 1.22 bits per heavy atom. The number of nitrogens with one attached hydrogen (secondary N) is 1. The lowest BCUT2D eigenvalue weighted by molar-refractivity contribution is -0.129. The van der Waals surface area contributed by atoms with Crippen LogP contribution in [0.25, 0.3) is 0 Å². The van der Waals surface area contributed by atoms with Crippen molar-refractivity contribution in [3.63, 3.8) is 0 Å². The predicted octanol–water partition coefficient (Wildman–Crippen LogP) is 3.35. The molecule has 0 spiro atoms. The van der Waals surface area contributed by atoms with Crippen LogP contribution in [0.1, 0.15) is 58.6 Å². The Morgan fingerprint density at radius 3 is 2.69 bits per heavy atom. The largest absolute Gasteiger partial charge is 0.496 e. The van der Waals surface area contributed by atoms with Crippen LogP contribution in [0.5, 0.6) is 5.75 Å². The van der Waals surface area contributed by atoms with E-state index in [0.717, 1.165) is 67.7 Å². The van der Waals surface area contributed by atoms with Gasteiger partial charge in [-0.1, -0.05) is 0 Å². The van der Waals surface area contributed by atoms with E-state index in [-0.39, 0.29) is 5.91 Å². The minimum absolute atomic E-state index is 0.104. The number of anilines is 1. The summed E-state index contributed by atoms with van der Waals surface area (Å²) in [6, 6.07) is 2.15. The summed E-state index contributed by atoms with van der Waals surface area (Å²) in [5.41, 5.74) is 7.38. The first-order valence-corrected chi connectivity index (χ1v) is 11.5. The molecule has 2 aliphatic rings. The molecule has 0 radical (unpaired) electrons. The van der Waals surface area contributed by atoms with E-state index in [2.05, 4.69) is 37.1 Å². The Kier molecular flexibility index (Phi) is 6.38. The molecule has 2 aromatic rings.